The number of aromatic nitrogens is 2. The lowest BCUT2D eigenvalue weighted by molar-refractivity contribution is 0.0574. The summed E-state index contributed by atoms with van der Waals surface area (Å²) in [6.07, 6.45) is 6.31. The van der Waals surface area contributed by atoms with Crippen molar-refractivity contribution in [2.24, 2.45) is 13.0 Å². The number of fused-ring (bicyclic) bond motifs is 3. The number of nitrogens with zero attached hydrogens (tertiary/aromatic N) is 5. The van der Waals surface area contributed by atoms with Gasteiger partial charge in [-0.3, -0.25) is 14.4 Å². The maximum absolute atomic E-state index is 13.9. The van der Waals surface area contributed by atoms with Gasteiger partial charge in [-0.2, -0.15) is 5.10 Å². The van der Waals surface area contributed by atoms with E-state index in [9.17, 15) is 9.59 Å². The lowest BCUT2D eigenvalue weighted by Crippen LogP contribution is -2.54. The molecule has 1 spiro atoms. The van der Waals surface area contributed by atoms with Gasteiger partial charge in [0.1, 0.15) is 11.5 Å². The van der Waals surface area contributed by atoms with Gasteiger partial charge in [0.25, 0.3) is 5.91 Å². The number of aryl methyl sites for hydroxylation is 2. The second-order valence-corrected chi connectivity index (χ2v) is 10.4. The number of rotatable bonds is 4. The Morgan fingerprint density at radius 2 is 1.92 bits per heavy atom. The number of benzene rings is 1. The number of likely N-dealkylation sites (tertiary alicyclic amines) is 1. The van der Waals surface area contributed by atoms with Crippen molar-refractivity contribution in [3.8, 4) is 11.5 Å². The van der Waals surface area contributed by atoms with Gasteiger partial charge in [-0.05, 0) is 56.2 Å². The highest BCUT2D eigenvalue weighted by molar-refractivity contribution is 5.95. The van der Waals surface area contributed by atoms with Crippen molar-refractivity contribution in [3.05, 3.63) is 52.5 Å². The number of ether oxygens (including phenoxy) is 2. The van der Waals surface area contributed by atoms with Crippen molar-refractivity contribution >= 4 is 11.9 Å². The Labute approximate surface area is 218 Å². The molecule has 2 fully saturated rings. The Bertz CT molecular complexity index is 1260. The minimum Gasteiger partial charge on any atom is -0.497 e. The first-order chi connectivity index (χ1) is 17.7. The van der Waals surface area contributed by atoms with Crippen molar-refractivity contribution in [2.45, 2.75) is 52.1 Å². The first-order valence-electron chi connectivity index (χ1n) is 13.1. The molecule has 3 aliphatic rings. The summed E-state index contributed by atoms with van der Waals surface area (Å²) in [4.78, 5) is 33.0. The molecule has 2 saturated heterocycles. The van der Waals surface area contributed by atoms with E-state index in [-0.39, 0.29) is 17.9 Å². The topological polar surface area (TPSA) is 80.1 Å². The van der Waals surface area contributed by atoms with Gasteiger partial charge in [0.15, 0.2) is 0 Å². The molecule has 9 nitrogen and oxygen atoms in total. The van der Waals surface area contributed by atoms with Gasteiger partial charge < -0.3 is 19.3 Å². The standard InChI is InChI=1S/C28H37N5O4/c1-7-33-27(35)32-16-20-14-21(36-5)15-24(37-6)22(20)12-18(2)13-25(32)28(33)8-10-31(11-9-28)26(34)23-17-30(4)29-19(23)3/h13-15,17-18H,7-12,16H2,1-6H3. The van der Waals surface area contributed by atoms with Crippen LogP contribution in [0.1, 0.15) is 53.9 Å². The predicted octanol–water partition coefficient (Wildman–Crippen LogP) is 3.75. The van der Waals surface area contributed by atoms with Crippen LogP contribution < -0.4 is 9.47 Å². The number of hydrogen-bond donors (Lipinski definition) is 0. The maximum atomic E-state index is 13.9. The van der Waals surface area contributed by atoms with Crippen LogP contribution in [-0.2, 0) is 20.0 Å². The summed E-state index contributed by atoms with van der Waals surface area (Å²) in [6, 6.07) is 3.97. The molecule has 5 rings (SSSR count). The second-order valence-electron chi connectivity index (χ2n) is 10.4. The Kier molecular flexibility index (Phi) is 6.41. The largest absolute Gasteiger partial charge is 0.497 e. The molecular formula is C28H37N5O4. The number of carbonyl (C=O) groups excluding carboxylic acids is 2. The Morgan fingerprint density at radius 3 is 2.51 bits per heavy atom. The Morgan fingerprint density at radius 1 is 1.19 bits per heavy atom. The van der Waals surface area contributed by atoms with Crippen LogP contribution in [0.25, 0.3) is 0 Å². The van der Waals surface area contributed by atoms with Crippen LogP contribution in [0.3, 0.4) is 0 Å². The lowest BCUT2D eigenvalue weighted by Gasteiger charge is -2.44. The van der Waals surface area contributed by atoms with E-state index in [1.807, 2.05) is 47.7 Å². The third-order valence-corrected chi connectivity index (χ3v) is 8.21. The fourth-order valence-electron chi connectivity index (χ4n) is 6.41. The fraction of sp³-hybridized carbons (Fsp3) is 0.536. The number of likely N-dealkylation sites (N-methyl/N-ethyl adjacent to an activating group) is 1. The fourth-order valence-corrected chi connectivity index (χ4v) is 6.41. The van der Waals surface area contributed by atoms with Gasteiger partial charge in [-0.25, -0.2) is 4.79 Å². The van der Waals surface area contributed by atoms with Gasteiger partial charge in [-0.15, -0.1) is 0 Å². The van der Waals surface area contributed by atoms with Crippen LogP contribution in [0.15, 0.2) is 30.1 Å². The summed E-state index contributed by atoms with van der Waals surface area (Å²) in [5.74, 6) is 1.74. The average Bonchev–Trinajstić information content (AvgIpc) is 3.31. The van der Waals surface area contributed by atoms with E-state index in [2.05, 4.69) is 18.1 Å². The average molecular weight is 508 g/mol. The Hall–Kier alpha value is -3.49. The third-order valence-electron chi connectivity index (χ3n) is 8.21. The van der Waals surface area contributed by atoms with Crippen molar-refractivity contribution in [3.63, 3.8) is 0 Å². The number of hydrogen-bond acceptors (Lipinski definition) is 5. The van der Waals surface area contributed by atoms with E-state index in [0.29, 0.717) is 44.6 Å². The van der Waals surface area contributed by atoms with E-state index >= 15 is 0 Å². The van der Waals surface area contributed by atoms with Crippen molar-refractivity contribution in [1.29, 1.82) is 0 Å². The summed E-state index contributed by atoms with van der Waals surface area (Å²) in [6.45, 7) is 8.37. The highest BCUT2D eigenvalue weighted by Crippen LogP contribution is 2.47. The van der Waals surface area contributed by atoms with E-state index in [1.54, 1.807) is 25.1 Å². The van der Waals surface area contributed by atoms with Crippen LogP contribution in [0.2, 0.25) is 0 Å². The molecule has 3 amide bonds. The van der Waals surface area contributed by atoms with Crippen LogP contribution in [0, 0.1) is 12.8 Å². The minimum absolute atomic E-state index is 0.0119. The van der Waals surface area contributed by atoms with E-state index in [0.717, 1.165) is 40.4 Å². The van der Waals surface area contributed by atoms with Gasteiger partial charge in [-0.1, -0.05) is 13.0 Å². The van der Waals surface area contributed by atoms with Gasteiger partial charge in [0.05, 0.1) is 37.6 Å². The molecule has 0 bridgehead atoms. The summed E-state index contributed by atoms with van der Waals surface area (Å²) >= 11 is 0. The monoisotopic (exact) mass is 507 g/mol. The molecule has 0 radical (unpaired) electrons. The minimum atomic E-state index is -0.415. The Balaban J connectivity index is 1.48. The molecule has 9 heteroatoms. The number of urea groups is 1. The zero-order valence-corrected chi connectivity index (χ0v) is 22.7. The first-order valence-corrected chi connectivity index (χ1v) is 13.1. The highest BCUT2D eigenvalue weighted by atomic mass is 16.5. The number of methoxy groups -OCH3 is 2. The first kappa shape index (κ1) is 25.2. The maximum Gasteiger partial charge on any atom is 0.325 e. The van der Waals surface area contributed by atoms with Gasteiger partial charge in [0, 0.05) is 44.6 Å². The summed E-state index contributed by atoms with van der Waals surface area (Å²) in [5.41, 5.74) is 4.22. The number of carbonyl (C=O) groups is 2. The normalized spacial score (nSPS) is 20.8. The zero-order chi connectivity index (χ0) is 26.5. The van der Waals surface area contributed by atoms with Crippen molar-refractivity contribution in [2.75, 3.05) is 33.9 Å². The molecule has 1 aromatic heterocycles. The number of allylic oxidation sites excluding steroid dienone is 1. The van der Waals surface area contributed by atoms with Crippen LogP contribution in [0.4, 0.5) is 4.79 Å². The molecule has 198 valence electrons. The smallest absolute Gasteiger partial charge is 0.325 e. The molecule has 0 saturated carbocycles. The molecule has 2 aromatic rings. The van der Waals surface area contributed by atoms with Crippen molar-refractivity contribution < 1.29 is 19.1 Å². The molecular weight excluding hydrogens is 470 g/mol. The summed E-state index contributed by atoms with van der Waals surface area (Å²) in [5, 5.41) is 4.34. The molecule has 37 heavy (non-hydrogen) atoms. The second kappa shape index (κ2) is 9.43. The molecule has 1 unspecified atom stereocenters. The van der Waals surface area contributed by atoms with Gasteiger partial charge in [0.2, 0.25) is 0 Å². The van der Waals surface area contributed by atoms with E-state index < -0.39 is 5.54 Å². The quantitative estimate of drug-likeness (QED) is 0.630. The van der Waals surface area contributed by atoms with Crippen LogP contribution >= 0.6 is 0 Å². The number of piperidine rings is 1. The number of amides is 3. The molecule has 4 heterocycles. The summed E-state index contributed by atoms with van der Waals surface area (Å²) in [7, 11) is 5.16. The summed E-state index contributed by atoms with van der Waals surface area (Å²) < 4.78 is 12.9. The predicted molar refractivity (Wildman–Crippen MR) is 140 cm³/mol. The highest BCUT2D eigenvalue weighted by Gasteiger charge is 2.55. The molecule has 1 aromatic carbocycles. The molecule has 1 atom stereocenters. The van der Waals surface area contributed by atoms with Crippen LogP contribution in [0.5, 0.6) is 11.5 Å². The van der Waals surface area contributed by atoms with Gasteiger partial charge >= 0.3 is 6.03 Å². The van der Waals surface area contributed by atoms with E-state index in [4.69, 9.17) is 9.47 Å². The van der Waals surface area contributed by atoms with Crippen LogP contribution in [-0.4, -0.2) is 75.8 Å². The zero-order valence-electron chi connectivity index (χ0n) is 22.7. The van der Waals surface area contributed by atoms with E-state index in [1.165, 1.54) is 0 Å². The molecule has 3 aliphatic heterocycles. The molecule has 0 aliphatic carbocycles. The third kappa shape index (κ3) is 4.04. The SMILES string of the molecule is CCN1C(=O)N2Cc3cc(OC)cc(OC)c3CC(C)C=C2C12CCN(C(=O)c1cn(C)nc1C)CC2. The van der Waals surface area contributed by atoms with Crippen molar-refractivity contribution in [1.82, 2.24) is 24.5 Å². The lowest BCUT2D eigenvalue weighted by atomic mass is 9.80. The molecule has 0 N–H and O–H groups in total.